The standard InChI is InChI=1S/C22H24N6O2/c1-17-5-4-6-19(13-17)30-16-21(29)26-18-14-24-22(25-15-18)28-11-9-27(10-12-28)20-7-2-3-8-23-20/h2-8,13-15H,9-12,16H2,1H3,(H,26,29). The molecule has 8 nitrogen and oxygen atoms in total. The first-order chi connectivity index (χ1) is 14.7. The Hall–Kier alpha value is -3.68. The van der Waals surface area contributed by atoms with E-state index in [1.165, 1.54) is 0 Å². The van der Waals surface area contributed by atoms with Crippen molar-refractivity contribution in [1.29, 1.82) is 0 Å². The molecular formula is C22H24N6O2. The number of aryl methyl sites for hydroxylation is 1. The van der Waals surface area contributed by atoms with E-state index in [0.29, 0.717) is 17.4 Å². The third kappa shape index (κ3) is 5.02. The van der Waals surface area contributed by atoms with E-state index in [0.717, 1.165) is 37.6 Å². The van der Waals surface area contributed by atoms with Gasteiger partial charge >= 0.3 is 0 Å². The van der Waals surface area contributed by atoms with Crippen LogP contribution in [0.3, 0.4) is 0 Å². The number of hydrogen-bond acceptors (Lipinski definition) is 7. The second-order valence-electron chi connectivity index (χ2n) is 7.09. The van der Waals surface area contributed by atoms with Crippen molar-refractivity contribution in [1.82, 2.24) is 15.0 Å². The molecule has 1 saturated heterocycles. The molecule has 0 saturated carbocycles. The zero-order valence-corrected chi connectivity index (χ0v) is 16.9. The van der Waals surface area contributed by atoms with Gasteiger partial charge in [0.1, 0.15) is 11.6 Å². The van der Waals surface area contributed by atoms with Gasteiger partial charge in [-0.2, -0.15) is 0 Å². The number of nitrogens with one attached hydrogen (secondary N) is 1. The van der Waals surface area contributed by atoms with Crippen molar-refractivity contribution in [2.75, 3.05) is 47.9 Å². The van der Waals surface area contributed by atoms with Gasteiger partial charge in [-0.25, -0.2) is 15.0 Å². The van der Waals surface area contributed by atoms with E-state index in [4.69, 9.17) is 4.74 Å². The molecule has 0 atom stereocenters. The van der Waals surface area contributed by atoms with Crippen LogP contribution in [-0.4, -0.2) is 53.6 Å². The molecular weight excluding hydrogens is 380 g/mol. The number of ether oxygens (including phenoxy) is 1. The number of aromatic nitrogens is 3. The molecule has 0 aliphatic carbocycles. The van der Waals surface area contributed by atoms with E-state index in [9.17, 15) is 4.79 Å². The van der Waals surface area contributed by atoms with Crippen molar-refractivity contribution in [3.05, 3.63) is 66.6 Å². The van der Waals surface area contributed by atoms with Crippen LogP contribution in [0.4, 0.5) is 17.5 Å². The van der Waals surface area contributed by atoms with Crippen molar-refractivity contribution in [3.63, 3.8) is 0 Å². The molecule has 1 fully saturated rings. The summed E-state index contributed by atoms with van der Waals surface area (Å²) < 4.78 is 5.52. The predicted octanol–water partition coefficient (Wildman–Crippen LogP) is 2.52. The Morgan fingerprint density at radius 1 is 1.00 bits per heavy atom. The lowest BCUT2D eigenvalue weighted by atomic mass is 10.2. The molecule has 154 valence electrons. The van der Waals surface area contributed by atoms with Crippen molar-refractivity contribution < 1.29 is 9.53 Å². The fourth-order valence-electron chi connectivity index (χ4n) is 3.28. The van der Waals surface area contributed by atoms with E-state index in [1.54, 1.807) is 12.4 Å². The number of amides is 1. The maximum atomic E-state index is 12.1. The third-order valence-electron chi connectivity index (χ3n) is 4.82. The summed E-state index contributed by atoms with van der Waals surface area (Å²) in [5.41, 5.74) is 1.63. The molecule has 0 unspecified atom stereocenters. The highest BCUT2D eigenvalue weighted by Gasteiger charge is 2.19. The highest BCUT2D eigenvalue weighted by Crippen LogP contribution is 2.17. The van der Waals surface area contributed by atoms with Crippen LogP contribution in [0.2, 0.25) is 0 Å². The molecule has 1 amide bonds. The fourth-order valence-corrected chi connectivity index (χ4v) is 3.28. The van der Waals surface area contributed by atoms with Gasteiger partial charge < -0.3 is 19.9 Å². The van der Waals surface area contributed by atoms with E-state index in [-0.39, 0.29) is 12.5 Å². The second kappa shape index (κ2) is 9.21. The van der Waals surface area contributed by atoms with Gasteiger partial charge in [0.05, 0.1) is 18.1 Å². The Morgan fingerprint density at radius 2 is 1.77 bits per heavy atom. The molecule has 3 heterocycles. The van der Waals surface area contributed by atoms with Crippen molar-refractivity contribution in [3.8, 4) is 5.75 Å². The molecule has 0 bridgehead atoms. The lowest BCUT2D eigenvalue weighted by Crippen LogP contribution is -2.47. The highest BCUT2D eigenvalue weighted by atomic mass is 16.5. The molecule has 3 aromatic rings. The van der Waals surface area contributed by atoms with Crippen LogP contribution in [0.5, 0.6) is 5.75 Å². The summed E-state index contributed by atoms with van der Waals surface area (Å²) in [7, 11) is 0. The van der Waals surface area contributed by atoms with Gasteiger partial charge in [-0.15, -0.1) is 0 Å². The number of piperazine rings is 1. The van der Waals surface area contributed by atoms with Crippen LogP contribution in [-0.2, 0) is 4.79 Å². The average Bonchev–Trinajstić information content (AvgIpc) is 2.79. The molecule has 0 radical (unpaired) electrons. The average molecular weight is 404 g/mol. The third-order valence-corrected chi connectivity index (χ3v) is 4.82. The molecule has 30 heavy (non-hydrogen) atoms. The molecule has 4 rings (SSSR count). The number of pyridine rings is 1. The number of carbonyl (C=O) groups is 1. The molecule has 1 aliphatic rings. The van der Waals surface area contributed by atoms with Crippen LogP contribution in [0.25, 0.3) is 0 Å². The number of anilines is 3. The lowest BCUT2D eigenvalue weighted by Gasteiger charge is -2.35. The Balaban J connectivity index is 1.26. The zero-order chi connectivity index (χ0) is 20.8. The van der Waals surface area contributed by atoms with Crippen LogP contribution in [0, 0.1) is 6.92 Å². The van der Waals surface area contributed by atoms with Gasteiger partial charge in [-0.05, 0) is 36.8 Å². The first-order valence-corrected chi connectivity index (χ1v) is 9.90. The molecule has 1 N–H and O–H groups in total. The molecule has 8 heteroatoms. The van der Waals surface area contributed by atoms with E-state index in [1.807, 2.05) is 55.6 Å². The van der Waals surface area contributed by atoms with Gasteiger partial charge in [0, 0.05) is 32.4 Å². The summed E-state index contributed by atoms with van der Waals surface area (Å²) in [4.78, 5) is 29.7. The maximum absolute atomic E-state index is 12.1. The van der Waals surface area contributed by atoms with Crippen LogP contribution in [0.15, 0.2) is 61.1 Å². The summed E-state index contributed by atoms with van der Waals surface area (Å²) in [5.74, 6) is 2.06. The van der Waals surface area contributed by atoms with Crippen molar-refractivity contribution >= 4 is 23.4 Å². The number of hydrogen-bond donors (Lipinski definition) is 1. The normalized spacial score (nSPS) is 13.8. The van der Waals surface area contributed by atoms with Crippen molar-refractivity contribution in [2.24, 2.45) is 0 Å². The smallest absolute Gasteiger partial charge is 0.262 e. The Labute approximate surface area is 175 Å². The van der Waals surface area contributed by atoms with E-state index in [2.05, 4.69) is 30.1 Å². The van der Waals surface area contributed by atoms with Gasteiger partial charge in [0.15, 0.2) is 6.61 Å². The number of nitrogens with zero attached hydrogens (tertiary/aromatic N) is 5. The Bertz CT molecular complexity index is 972. The van der Waals surface area contributed by atoms with Gasteiger partial charge in [-0.1, -0.05) is 18.2 Å². The van der Waals surface area contributed by atoms with Crippen LogP contribution < -0.4 is 19.9 Å². The highest BCUT2D eigenvalue weighted by molar-refractivity contribution is 5.91. The first-order valence-electron chi connectivity index (χ1n) is 9.90. The van der Waals surface area contributed by atoms with Gasteiger partial charge in [0.25, 0.3) is 5.91 Å². The van der Waals surface area contributed by atoms with Crippen LogP contribution >= 0.6 is 0 Å². The Kier molecular flexibility index (Phi) is 6.03. The number of rotatable bonds is 6. The molecule has 1 aromatic carbocycles. The van der Waals surface area contributed by atoms with Crippen molar-refractivity contribution in [2.45, 2.75) is 6.92 Å². The Morgan fingerprint density at radius 3 is 2.47 bits per heavy atom. The van der Waals surface area contributed by atoms with Gasteiger partial charge in [0.2, 0.25) is 5.95 Å². The van der Waals surface area contributed by atoms with E-state index < -0.39 is 0 Å². The number of benzene rings is 1. The summed E-state index contributed by atoms with van der Waals surface area (Å²) in [6, 6.07) is 13.5. The monoisotopic (exact) mass is 404 g/mol. The quantitative estimate of drug-likeness (QED) is 0.676. The topological polar surface area (TPSA) is 83.5 Å². The van der Waals surface area contributed by atoms with Crippen LogP contribution in [0.1, 0.15) is 5.56 Å². The van der Waals surface area contributed by atoms with Gasteiger partial charge in [-0.3, -0.25) is 4.79 Å². The number of carbonyl (C=O) groups excluding carboxylic acids is 1. The summed E-state index contributed by atoms with van der Waals surface area (Å²) >= 11 is 0. The summed E-state index contributed by atoms with van der Waals surface area (Å²) in [5, 5.41) is 2.76. The summed E-state index contributed by atoms with van der Waals surface area (Å²) in [6.45, 7) is 5.24. The zero-order valence-electron chi connectivity index (χ0n) is 16.9. The second-order valence-corrected chi connectivity index (χ2v) is 7.09. The SMILES string of the molecule is Cc1cccc(OCC(=O)Nc2cnc(N3CCN(c4ccccn4)CC3)nc2)c1. The minimum Gasteiger partial charge on any atom is -0.484 e. The van der Waals surface area contributed by atoms with E-state index >= 15 is 0 Å². The largest absolute Gasteiger partial charge is 0.484 e. The maximum Gasteiger partial charge on any atom is 0.262 e. The minimum atomic E-state index is -0.253. The lowest BCUT2D eigenvalue weighted by molar-refractivity contribution is -0.118. The first kappa shape index (κ1) is 19.6. The fraction of sp³-hybridized carbons (Fsp3) is 0.273. The minimum absolute atomic E-state index is 0.0688. The molecule has 2 aromatic heterocycles. The summed E-state index contributed by atoms with van der Waals surface area (Å²) in [6.07, 6.45) is 5.06. The molecule has 1 aliphatic heterocycles. The molecule has 0 spiro atoms. The predicted molar refractivity (Wildman–Crippen MR) is 116 cm³/mol.